The van der Waals surface area contributed by atoms with Crippen LogP contribution in [-0.4, -0.2) is 46.8 Å². The van der Waals surface area contributed by atoms with Crippen molar-refractivity contribution in [2.45, 2.75) is 6.92 Å². The summed E-state index contributed by atoms with van der Waals surface area (Å²) < 4.78 is 0. The first-order valence-electron chi connectivity index (χ1n) is 5.65. The molecule has 0 atom stereocenters. The zero-order chi connectivity index (χ0) is 14.1. The Hall–Kier alpha value is -2.01. The molecule has 0 aliphatic heterocycles. The number of hydrogen-bond donors (Lipinski definition) is 3. The number of hydrogen-bond acceptors (Lipinski definition) is 5. The lowest BCUT2D eigenvalue weighted by Gasteiger charge is -2.06. The molecule has 1 rings (SSSR count). The van der Waals surface area contributed by atoms with Gasteiger partial charge in [-0.05, 0) is 6.92 Å². The summed E-state index contributed by atoms with van der Waals surface area (Å²) in [7, 11) is 1.59. The Morgan fingerprint density at radius 2 is 2.47 bits per heavy atom. The predicted molar refractivity (Wildman–Crippen MR) is 75.1 cm³/mol. The molecule has 0 saturated carbocycles. The van der Waals surface area contributed by atoms with Crippen LogP contribution in [0.3, 0.4) is 0 Å². The van der Waals surface area contributed by atoms with Crippen LogP contribution in [0, 0.1) is 18.4 Å². The first kappa shape index (κ1) is 15.0. The topological polar surface area (TPSA) is 106 Å². The quantitative estimate of drug-likeness (QED) is 0.173. The molecular formula is C11H16N6OS. The Kier molecular flexibility index (Phi) is 6.46. The molecule has 0 saturated heterocycles. The van der Waals surface area contributed by atoms with Crippen molar-refractivity contribution in [3.8, 4) is 6.19 Å². The summed E-state index contributed by atoms with van der Waals surface area (Å²) in [6.07, 6.45) is 3.31. The van der Waals surface area contributed by atoms with E-state index in [1.165, 1.54) is 18.1 Å². The monoisotopic (exact) mass is 280 g/mol. The second-order valence-corrected chi connectivity index (χ2v) is 4.69. The van der Waals surface area contributed by atoms with Gasteiger partial charge in [-0.3, -0.25) is 15.1 Å². The van der Waals surface area contributed by atoms with Gasteiger partial charge in [0.05, 0.1) is 12.1 Å². The lowest BCUT2D eigenvalue weighted by Crippen LogP contribution is -2.35. The third-order valence-corrected chi connectivity index (χ3v) is 3.22. The number of imidazole rings is 1. The highest BCUT2D eigenvalue weighted by Crippen LogP contribution is 2.07. The van der Waals surface area contributed by atoms with Gasteiger partial charge in [-0.25, -0.2) is 4.98 Å². The van der Waals surface area contributed by atoms with Crippen molar-refractivity contribution >= 4 is 23.5 Å². The van der Waals surface area contributed by atoms with E-state index in [2.05, 4.69) is 25.6 Å². The van der Waals surface area contributed by atoms with Crippen LogP contribution < -0.4 is 10.6 Å². The maximum Gasteiger partial charge on any atom is 0.204 e. The molecule has 1 heterocycles. The molecule has 19 heavy (non-hydrogen) atoms. The summed E-state index contributed by atoms with van der Waals surface area (Å²) in [5.41, 5.74) is 1.30. The Labute approximate surface area is 115 Å². The summed E-state index contributed by atoms with van der Waals surface area (Å²) in [6.45, 7) is 2.45. The molecule has 0 fully saturated rings. The lowest BCUT2D eigenvalue weighted by atomic mass is 10.3. The highest BCUT2D eigenvalue weighted by molar-refractivity contribution is 8.00. The summed E-state index contributed by atoms with van der Waals surface area (Å²) in [5.74, 6) is 1.57. The Bertz CT molecular complexity index is 490. The van der Waals surface area contributed by atoms with Crippen LogP contribution >= 0.6 is 11.8 Å². The van der Waals surface area contributed by atoms with Gasteiger partial charge in [-0.15, -0.1) is 0 Å². The number of aryl methyl sites for hydroxylation is 1. The summed E-state index contributed by atoms with van der Waals surface area (Å²) in [5, 5.41) is 13.8. The van der Waals surface area contributed by atoms with Crippen LogP contribution in [-0.2, 0) is 0 Å². The van der Waals surface area contributed by atoms with Crippen molar-refractivity contribution in [2.75, 3.05) is 25.1 Å². The molecular weight excluding hydrogens is 264 g/mol. The molecule has 102 valence electrons. The fraction of sp³-hybridized carbons (Fsp3) is 0.455. The first-order chi connectivity index (χ1) is 9.19. The number of ketones is 1. The molecule has 0 spiro atoms. The van der Waals surface area contributed by atoms with E-state index in [1.54, 1.807) is 13.2 Å². The van der Waals surface area contributed by atoms with Crippen molar-refractivity contribution in [3.05, 3.63) is 17.7 Å². The van der Waals surface area contributed by atoms with E-state index >= 15 is 0 Å². The molecule has 0 aliphatic carbocycles. The van der Waals surface area contributed by atoms with E-state index < -0.39 is 0 Å². The number of aromatic nitrogens is 2. The minimum Gasteiger partial charge on any atom is -0.355 e. The van der Waals surface area contributed by atoms with Crippen LogP contribution in [0.4, 0.5) is 0 Å². The summed E-state index contributed by atoms with van der Waals surface area (Å²) in [4.78, 5) is 22.5. The van der Waals surface area contributed by atoms with Gasteiger partial charge in [-0.2, -0.15) is 17.0 Å². The average molecular weight is 280 g/mol. The molecule has 7 nitrogen and oxygen atoms in total. The number of aromatic amines is 1. The number of nitrogens with zero attached hydrogens (tertiary/aromatic N) is 3. The number of Topliss-reactive ketones (excluding diaryl/α,β-unsaturated/α-hetero) is 1. The molecule has 0 aromatic carbocycles. The van der Waals surface area contributed by atoms with Gasteiger partial charge in [0.2, 0.25) is 5.96 Å². The SMILES string of the molecule is CN=C(NC#N)NCCSCC(=O)c1nc[nH]c1C. The van der Waals surface area contributed by atoms with Gasteiger partial charge >= 0.3 is 0 Å². The van der Waals surface area contributed by atoms with Crippen LogP contribution in [0.15, 0.2) is 11.3 Å². The largest absolute Gasteiger partial charge is 0.355 e. The smallest absolute Gasteiger partial charge is 0.204 e. The van der Waals surface area contributed by atoms with E-state index in [0.717, 1.165) is 11.4 Å². The summed E-state index contributed by atoms with van der Waals surface area (Å²) in [6, 6.07) is 0. The molecule has 1 aromatic rings. The van der Waals surface area contributed by atoms with Crippen LogP contribution in [0.25, 0.3) is 0 Å². The van der Waals surface area contributed by atoms with E-state index in [-0.39, 0.29) is 5.78 Å². The number of nitrogens with one attached hydrogen (secondary N) is 3. The van der Waals surface area contributed by atoms with Gasteiger partial charge in [0.25, 0.3) is 0 Å². The van der Waals surface area contributed by atoms with Crippen molar-refractivity contribution in [1.82, 2.24) is 20.6 Å². The Morgan fingerprint density at radius 1 is 1.68 bits per heavy atom. The minimum atomic E-state index is 0.0169. The molecule has 0 unspecified atom stereocenters. The molecule has 0 bridgehead atoms. The van der Waals surface area contributed by atoms with E-state index in [0.29, 0.717) is 24.0 Å². The highest BCUT2D eigenvalue weighted by Gasteiger charge is 2.11. The highest BCUT2D eigenvalue weighted by atomic mass is 32.2. The van der Waals surface area contributed by atoms with Gasteiger partial charge in [-0.1, -0.05) is 0 Å². The number of thioether (sulfide) groups is 1. The molecule has 1 aromatic heterocycles. The number of rotatable bonds is 6. The maximum atomic E-state index is 11.8. The maximum absolute atomic E-state index is 11.8. The average Bonchev–Trinajstić information content (AvgIpc) is 2.83. The zero-order valence-corrected chi connectivity index (χ0v) is 11.7. The van der Waals surface area contributed by atoms with Gasteiger partial charge in [0.1, 0.15) is 5.69 Å². The fourth-order valence-corrected chi connectivity index (χ4v) is 2.06. The second-order valence-electron chi connectivity index (χ2n) is 3.59. The molecule has 0 amide bonds. The first-order valence-corrected chi connectivity index (χ1v) is 6.81. The van der Waals surface area contributed by atoms with Crippen molar-refractivity contribution in [1.29, 1.82) is 5.26 Å². The lowest BCUT2D eigenvalue weighted by molar-refractivity contribution is 0.101. The molecule has 3 N–H and O–H groups in total. The Balaban J connectivity index is 2.20. The number of aliphatic imine (C=N–C) groups is 1. The number of H-pyrrole nitrogens is 1. The third kappa shape index (κ3) is 5.01. The molecule has 0 aliphatic rings. The van der Waals surface area contributed by atoms with Gasteiger partial charge in [0, 0.05) is 25.0 Å². The standard InChI is InChI=1S/C11H16N6OS/c1-8-10(17-7-16-8)9(18)5-19-4-3-14-11(13-2)15-6-12/h7H,3-5H2,1-2H3,(H,16,17)(H2,13,14,15). The van der Waals surface area contributed by atoms with E-state index in [9.17, 15) is 4.79 Å². The normalized spacial score (nSPS) is 10.9. The number of nitriles is 1. The molecule has 0 radical (unpaired) electrons. The number of carbonyl (C=O) groups is 1. The van der Waals surface area contributed by atoms with Crippen LogP contribution in [0.2, 0.25) is 0 Å². The van der Waals surface area contributed by atoms with Crippen LogP contribution in [0.1, 0.15) is 16.2 Å². The predicted octanol–water partition coefficient (Wildman–Crippen LogP) is 0.280. The van der Waals surface area contributed by atoms with E-state index in [1.807, 2.05) is 6.92 Å². The summed E-state index contributed by atoms with van der Waals surface area (Å²) >= 11 is 1.51. The van der Waals surface area contributed by atoms with Crippen molar-refractivity contribution in [3.63, 3.8) is 0 Å². The van der Waals surface area contributed by atoms with Crippen molar-refractivity contribution < 1.29 is 4.79 Å². The third-order valence-electron chi connectivity index (χ3n) is 2.26. The minimum absolute atomic E-state index is 0.0169. The van der Waals surface area contributed by atoms with Gasteiger partial charge in [0.15, 0.2) is 12.0 Å². The Morgan fingerprint density at radius 3 is 3.05 bits per heavy atom. The van der Waals surface area contributed by atoms with Crippen molar-refractivity contribution in [2.24, 2.45) is 4.99 Å². The zero-order valence-electron chi connectivity index (χ0n) is 10.9. The number of carbonyl (C=O) groups excluding carboxylic acids is 1. The van der Waals surface area contributed by atoms with Crippen LogP contribution in [0.5, 0.6) is 0 Å². The fourth-order valence-electron chi connectivity index (χ4n) is 1.35. The molecule has 8 heteroatoms. The van der Waals surface area contributed by atoms with E-state index in [4.69, 9.17) is 5.26 Å². The second kappa shape index (κ2) is 8.16. The number of guanidine groups is 1. The van der Waals surface area contributed by atoms with Gasteiger partial charge < -0.3 is 10.3 Å².